The third-order valence-electron chi connectivity index (χ3n) is 6.21. The highest BCUT2D eigenvalue weighted by Gasteiger charge is 2.45. The largest absolute Gasteiger partial charge is 0.393 e. The van der Waals surface area contributed by atoms with Gasteiger partial charge in [-0.1, -0.05) is 0 Å². The monoisotopic (exact) mass is 452 g/mol. The molecule has 0 radical (unpaired) electrons. The fraction of sp³-hybridized carbons (Fsp3) is 0.500. The van der Waals surface area contributed by atoms with Gasteiger partial charge in [0, 0.05) is 36.8 Å². The molecule has 0 bridgehead atoms. The van der Waals surface area contributed by atoms with Crippen molar-refractivity contribution >= 4 is 22.5 Å². The summed E-state index contributed by atoms with van der Waals surface area (Å²) in [6.07, 6.45) is -6.92. The van der Waals surface area contributed by atoms with Crippen LogP contribution in [0.1, 0.15) is 18.4 Å². The average molecular weight is 452 g/mol. The Labute approximate surface area is 181 Å². The molecule has 4 rings (SSSR count). The minimum Gasteiger partial charge on any atom is -0.370 e. The Balaban J connectivity index is 1.61. The maximum absolute atomic E-state index is 13.7. The first-order chi connectivity index (χ1) is 15.2. The number of hydrogen-bond acceptors (Lipinski definition) is 4. The lowest BCUT2D eigenvalue weighted by Crippen LogP contribution is -2.47. The lowest BCUT2D eigenvalue weighted by molar-refractivity contribution is -0.180. The molecule has 0 unspecified atom stereocenters. The molecule has 2 fully saturated rings. The van der Waals surface area contributed by atoms with Crippen molar-refractivity contribution in [1.29, 1.82) is 5.26 Å². The smallest absolute Gasteiger partial charge is 0.370 e. The van der Waals surface area contributed by atoms with Gasteiger partial charge in [-0.3, -0.25) is 9.78 Å². The Bertz CT molecular complexity index is 1040. The lowest BCUT2D eigenvalue weighted by atomic mass is 9.85. The van der Waals surface area contributed by atoms with Crippen molar-refractivity contribution in [3.05, 3.63) is 36.0 Å². The maximum atomic E-state index is 13.7. The summed E-state index contributed by atoms with van der Waals surface area (Å²) in [7, 11) is 0. The molecule has 2 saturated heterocycles. The molecule has 0 spiro atoms. The van der Waals surface area contributed by atoms with Crippen LogP contribution in [0.4, 0.5) is 27.6 Å². The summed E-state index contributed by atoms with van der Waals surface area (Å²) in [5, 5.41) is 9.88. The minimum absolute atomic E-state index is 0.181. The molecule has 10 heteroatoms. The van der Waals surface area contributed by atoms with Gasteiger partial charge in [0.1, 0.15) is 6.07 Å². The van der Waals surface area contributed by atoms with Gasteiger partial charge >= 0.3 is 6.18 Å². The normalized spacial score (nSPS) is 26.4. The molecule has 0 saturated carbocycles. The highest BCUT2D eigenvalue weighted by atomic mass is 19.4. The van der Waals surface area contributed by atoms with Gasteiger partial charge in [0.25, 0.3) is 0 Å². The summed E-state index contributed by atoms with van der Waals surface area (Å²) in [5.74, 6) is -2.83. The first-order valence-corrected chi connectivity index (χ1v) is 10.3. The summed E-state index contributed by atoms with van der Waals surface area (Å²) in [6, 6.07) is 8.50. The number of carbonyl (C=O) groups is 1. The van der Waals surface area contributed by atoms with E-state index >= 15 is 0 Å². The highest BCUT2D eigenvalue weighted by molar-refractivity contribution is 5.95. The summed E-state index contributed by atoms with van der Waals surface area (Å²) in [4.78, 5) is 19.4. The number of amides is 1. The molecule has 4 atom stereocenters. The van der Waals surface area contributed by atoms with Gasteiger partial charge in [-0.05, 0) is 36.6 Å². The molecular formula is C22H21F5N4O. The van der Waals surface area contributed by atoms with Crippen LogP contribution in [0, 0.1) is 23.2 Å². The van der Waals surface area contributed by atoms with Crippen molar-refractivity contribution < 1.29 is 26.7 Å². The van der Waals surface area contributed by atoms with Gasteiger partial charge in [-0.2, -0.15) is 18.4 Å². The Kier molecular flexibility index (Phi) is 5.93. The Morgan fingerprint density at radius 3 is 2.50 bits per heavy atom. The molecule has 32 heavy (non-hydrogen) atoms. The standard InChI is InChI=1S/C22H21F5N4O/c23-17-11-31(12-18(17)24)20(32)7-13-6-15(22(25,26)27)10-30(9-13)19-4-3-14(8-28)21-16(19)2-1-5-29-21/h1-5,13,15,17-18H,6-7,9-12H2/t13-,15-,17-,18+/m0/s1. The van der Waals surface area contributed by atoms with E-state index in [-0.39, 0.29) is 39.0 Å². The Hall–Kier alpha value is -2.96. The predicted octanol–water partition coefficient (Wildman–Crippen LogP) is 4.02. The summed E-state index contributed by atoms with van der Waals surface area (Å²) in [6.45, 7) is -0.844. The highest BCUT2D eigenvalue weighted by Crippen LogP contribution is 2.40. The number of benzene rings is 1. The zero-order chi connectivity index (χ0) is 23.0. The van der Waals surface area contributed by atoms with E-state index in [0.717, 1.165) is 4.90 Å². The number of pyridine rings is 1. The van der Waals surface area contributed by atoms with Crippen LogP contribution in [0.5, 0.6) is 0 Å². The molecule has 2 aliphatic rings. The van der Waals surface area contributed by atoms with Crippen LogP contribution in [0.25, 0.3) is 10.9 Å². The topological polar surface area (TPSA) is 60.2 Å². The van der Waals surface area contributed by atoms with Crippen molar-refractivity contribution in [2.45, 2.75) is 31.4 Å². The maximum Gasteiger partial charge on any atom is 0.393 e. The van der Waals surface area contributed by atoms with Crippen molar-refractivity contribution in [3.8, 4) is 6.07 Å². The first-order valence-electron chi connectivity index (χ1n) is 10.3. The number of fused-ring (bicyclic) bond motifs is 1. The van der Waals surface area contributed by atoms with Crippen LogP contribution < -0.4 is 4.90 Å². The molecule has 170 valence electrons. The summed E-state index contributed by atoms with van der Waals surface area (Å²) in [5.41, 5.74) is 1.22. The summed E-state index contributed by atoms with van der Waals surface area (Å²) >= 11 is 0. The second-order valence-electron chi connectivity index (χ2n) is 8.42. The molecule has 1 aromatic carbocycles. The third kappa shape index (κ3) is 4.33. The van der Waals surface area contributed by atoms with Crippen molar-refractivity contribution in [2.24, 2.45) is 11.8 Å². The van der Waals surface area contributed by atoms with Crippen LogP contribution in [-0.2, 0) is 4.79 Å². The van der Waals surface area contributed by atoms with Crippen LogP contribution in [0.3, 0.4) is 0 Å². The lowest BCUT2D eigenvalue weighted by Gasteiger charge is -2.40. The van der Waals surface area contributed by atoms with Crippen LogP contribution in [0.15, 0.2) is 30.5 Å². The molecule has 0 N–H and O–H groups in total. The quantitative estimate of drug-likeness (QED) is 0.661. The molecule has 1 aromatic heterocycles. The van der Waals surface area contributed by atoms with Crippen molar-refractivity contribution in [1.82, 2.24) is 9.88 Å². The molecule has 3 heterocycles. The number of anilines is 1. The van der Waals surface area contributed by atoms with Crippen LogP contribution in [-0.4, -0.2) is 60.5 Å². The number of aromatic nitrogens is 1. The van der Waals surface area contributed by atoms with E-state index in [1.54, 1.807) is 23.1 Å². The number of piperidine rings is 1. The number of nitrogens with zero attached hydrogens (tertiary/aromatic N) is 4. The zero-order valence-electron chi connectivity index (χ0n) is 17.0. The average Bonchev–Trinajstić information content (AvgIpc) is 3.10. The van der Waals surface area contributed by atoms with Gasteiger partial charge in [-0.15, -0.1) is 0 Å². The molecule has 0 aliphatic carbocycles. The van der Waals surface area contributed by atoms with E-state index in [9.17, 15) is 32.0 Å². The van der Waals surface area contributed by atoms with E-state index in [4.69, 9.17) is 0 Å². The number of likely N-dealkylation sites (tertiary alicyclic amines) is 1. The molecule has 1 amide bonds. The zero-order valence-corrected chi connectivity index (χ0v) is 17.0. The molecule has 2 aromatic rings. The second kappa shape index (κ2) is 8.52. The van der Waals surface area contributed by atoms with E-state index < -0.39 is 36.3 Å². The molecule has 2 aliphatic heterocycles. The number of nitriles is 1. The molecular weight excluding hydrogens is 431 g/mol. The first kappa shape index (κ1) is 22.2. The number of carbonyl (C=O) groups excluding carboxylic acids is 1. The van der Waals surface area contributed by atoms with Gasteiger partial charge in [0.15, 0.2) is 12.3 Å². The number of hydrogen-bond donors (Lipinski definition) is 0. The molecule has 5 nitrogen and oxygen atoms in total. The number of halogens is 5. The Morgan fingerprint density at radius 1 is 1.12 bits per heavy atom. The van der Waals surface area contributed by atoms with E-state index in [2.05, 4.69) is 4.98 Å². The van der Waals surface area contributed by atoms with Gasteiger partial charge < -0.3 is 9.80 Å². The van der Waals surface area contributed by atoms with Gasteiger partial charge in [-0.25, -0.2) is 8.78 Å². The van der Waals surface area contributed by atoms with E-state index in [0.29, 0.717) is 22.2 Å². The minimum atomic E-state index is -4.46. The predicted molar refractivity (Wildman–Crippen MR) is 107 cm³/mol. The second-order valence-corrected chi connectivity index (χ2v) is 8.42. The Morgan fingerprint density at radius 2 is 1.84 bits per heavy atom. The van der Waals surface area contributed by atoms with Gasteiger partial charge in [0.05, 0.1) is 30.1 Å². The van der Waals surface area contributed by atoms with Crippen LogP contribution >= 0.6 is 0 Å². The number of rotatable bonds is 3. The fourth-order valence-corrected chi connectivity index (χ4v) is 4.61. The van der Waals surface area contributed by atoms with Crippen molar-refractivity contribution in [2.75, 3.05) is 31.1 Å². The number of alkyl halides is 5. The van der Waals surface area contributed by atoms with Crippen molar-refractivity contribution in [3.63, 3.8) is 0 Å². The van der Waals surface area contributed by atoms with E-state index in [1.165, 1.54) is 12.3 Å². The van der Waals surface area contributed by atoms with Crippen LogP contribution in [0.2, 0.25) is 0 Å². The third-order valence-corrected chi connectivity index (χ3v) is 6.21. The summed E-state index contributed by atoms with van der Waals surface area (Å²) < 4.78 is 68.0. The van der Waals surface area contributed by atoms with E-state index in [1.807, 2.05) is 6.07 Å². The van der Waals surface area contributed by atoms with Gasteiger partial charge in [0.2, 0.25) is 5.91 Å². The SMILES string of the molecule is N#Cc1ccc(N2C[C@H](CC(=O)N3C[C@@H](F)[C@@H](F)C3)C[C@H](C(F)(F)F)C2)c2cccnc12. The fourth-order valence-electron chi connectivity index (χ4n) is 4.61.